The number of aliphatic hydroxyl groups is 1. The zero-order valence-electron chi connectivity index (χ0n) is 9.86. The van der Waals surface area contributed by atoms with Gasteiger partial charge in [-0.1, -0.05) is 6.07 Å². The first kappa shape index (κ1) is 10.6. The van der Waals surface area contributed by atoms with E-state index in [0.717, 1.165) is 29.8 Å². The van der Waals surface area contributed by atoms with Gasteiger partial charge in [0, 0.05) is 13.5 Å². The molecule has 0 atom stereocenters. The zero-order chi connectivity index (χ0) is 12.0. The second-order valence-corrected chi connectivity index (χ2v) is 5.16. The molecule has 0 unspecified atom stereocenters. The van der Waals surface area contributed by atoms with Crippen LogP contribution in [0.15, 0.2) is 18.2 Å². The highest BCUT2D eigenvalue weighted by Crippen LogP contribution is 2.39. The first-order valence-electron chi connectivity index (χ1n) is 5.92. The molecule has 1 aliphatic heterocycles. The van der Waals surface area contributed by atoms with Crippen molar-refractivity contribution in [3.8, 4) is 0 Å². The summed E-state index contributed by atoms with van der Waals surface area (Å²) in [6.45, 7) is 0.390. The SMILES string of the molecule is CN1CC(=O)Nc2ccc(CC3(O)CC3)cc21. The number of fused-ring (bicyclic) bond motifs is 1. The number of benzene rings is 1. The van der Waals surface area contributed by atoms with Crippen LogP contribution >= 0.6 is 0 Å². The maximum Gasteiger partial charge on any atom is 0.243 e. The standard InChI is InChI=1S/C13H16N2O2/c1-15-8-12(16)14-10-3-2-9(6-11(10)15)7-13(17)4-5-13/h2-3,6,17H,4-5,7-8H2,1H3,(H,14,16). The Morgan fingerprint density at radius 2 is 2.24 bits per heavy atom. The summed E-state index contributed by atoms with van der Waals surface area (Å²) in [7, 11) is 1.91. The molecule has 1 aromatic carbocycles. The molecule has 0 aromatic heterocycles. The van der Waals surface area contributed by atoms with Crippen LogP contribution in [0.2, 0.25) is 0 Å². The molecule has 1 aromatic rings. The smallest absolute Gasteiger partial charge is 0.243 e. The molecule has 1 fully saturated rings. The van der Waals surface area contributed by atoms with Crippen molar-refractivity contribution in [2.45, 2.75) is 24.9 Å². The monoisotopic (exact) mass is 232 g/mol. The Kier molecular flexibility index (Phi) is 2.16. The number of anilines is 2. The Morgan fingerprint density at radius 3 is 2.94 bits per heavy atom. The van der Waals surface area contributed by atoms with Crippen LogP contribution in [0.3, 0.4) is 0 Å². The number of likely N-dealkylation sites (N-methyl/N-ethyl adjacent to an activating group) is 1. The van der Waals surface area contributed by atoms with Crippen LogP contribution in [0.5, 0.6) is 0 Å². The highest BCUT2D eigenvalue weighted by atomic mass is 16.3. The topological polar surface area (TPSA) is 52.6 Å². The van der Waals surface area contributed by atoms with E-state index < -0.39 is 5.60 Å². The van der Waals surface area contributed by atoms with Crippen molar-refractivity contribution in [1.29, 1.82) is 0 Å². The van der Waals surface area contributed by atoms with Crippen molar-refractivity contribution in [1.82, 2.24) is 0 Å². The van der Waals surface area contributed by atoms with Crippen LogP contribution in [0.1, 0.15) is 18.4 Å². The first-order chi connectivity index (χ1) is 8.06. The molecule has 0 radical (unpaired) electrons. The third kappa shape index (κ3) is 2.00. The average Bonchev–Trinajstić information content (AvgIpc) is 2.97. The number of hydrogen-bond acceptors (Lipinski definition) is 3. The molecule has 2 N–H and O–H groups in total. The molecule has 4 nitrogen and oxygen atoms in total. The number of rotatable bonds is 2. The fraction of sp³-hybridized carbons (Fsp3) is 0.462. The number of carbonyl (C=O) groups is 1. The number of carbonyl (C=O) groups excluding carboxylic acids is 1. The van der Waals surface area contributed by atoms with Gasteiger partial charge in [-0.25, -0.2) is 0 Å². The molecule has 2 aliphatic rings. The van der Waals surface area contributed by atoms with Gasteiger partial charge in [-0.05, 0) is 30.5 Å². The van der Waals surface area contributed by atoms with Gasteiger partial charge in [0.05, 0.1) is 23.5 Å². The number of hydrogen-bond donors (Lipinski definition) is 2. The Balaban J connectivity index is 1.90. The average molecular weight is 232 g/mol. The fourth-order valence-corrected chi connectivity index (χ4v) is 2.30. The summed E-state index contributed by atoms with van der Waals surface area (Å²) in [4.78, 5) is 13.3. The molecule has 4 heteroatoms. The maximum atomic E-state index is 11.4. The van der Waals surface area contributed by atoms with Crippen molar-refractivity contribution >= 4 is 17.3 Å². The summed E-state index contributed by atoms with van der Waals surface area (Å²) in [5, 5.41) is 12.8. The van der Waals surface area contributed by atoms with E-state index in [1.807, 2.05) is 24.1 Å². The van der Waals surface area contributed by atoms with E-state index in [9.17, 15) is 9.90 Å². The number of nitrogens with one attached hydrogen (secondary N) is 1. The van der Waals surface area contributed by atoms with Gasteiger partial charge in [0.2, 0.25) is 5.91 Å². The summed E-state index contributed by atoms with van der Waals surface area (Å²) < 4.78 is 0. The van der Waals surface area contributed by atoms with Gasteiger partial charge in [-0.3, -0.25) is 4.79 Å². The van der Waals surface area contributed by atoms with Gasteiger partial charge in [0.25, 0.3) is 0 Å². The van der Waals surface area contributed by atoms with Crippen molar-refractivity contribution in [3.63, 3.8) is 0 Å². The molecule has 0 spiro atoms. The molecular formula is C13H16N2O2. The van der Waals surface area contributed by atoms with Crippen molar-refractivity contribution in [2.24, 2.45) is 0 Å². The predicted molar refractivity (Wildman–Crippen MR) is 66.2 cm³/mol. The minimum Gasteiger partial charge on any atom is -0.390 e. The minimum absolute atomic E-state index is 0.0218. The highest BCUT2D eigenvalue weighted by Gasteiger charge is 2.40. The number of nitrogens with zero attached hydrogens (tertiary/aromatic N) is 1. The lowest BCUT2D eigenvalue weighted by molar-refractivity contribution is -0.115. The molecule has 1 aliphatic carbocycles. The molecular weight excluding hydrogens is 216 g/mol. The Morgan fingerprint density at radius 1 is 1.47 bits per heavy atom. The summed E-state index contributed by atoms with van der Waals surface area (Å²) in [5.41, 5.74) is 2.55. The van der Waals surface area contributed by atoms with Gasteiger partial charge < -0.3 is 15.3 Å². The van der Waals surface area contributed by atoms with Crippen molar-refractivity contribution in [2.75, 3.05) is 23.8 Å². The highest BCUT2D eigenvalue weighted by molar-refractivity contribution is 6.01. The normalized spacial score (nSPS) is 20.8. The lowest BCUT2D eigenvalue weighted by Gasteiger charge is -2.28. The Labute approximate surface area is 100 Å². The third-order valence-corrected chi connectivity index (χ3v) is 3.49. The van der Waals surface area contributed by atoms with Crippen LogP contribution in [-0.2, 0) is 11.2 Å². The number of amides is 1. The summed E-state index contributed by atoms with van der Waals surface area (Å²) >= 11 is 0. The quantitative estimate of drug-likeness (QED) is 0.804. The van der Waals surface area contributed by atoms with Crippen LogP contribution in [0, 0.1) is 0 Å². The molecule has 17 heavy (non-hydrogen) atoms. The molecule has 3 rings (SSSR count). The summed E-state index contributed by atoms with van der Waals surface area (Å²) in [5.74, 6) is 0.0218. The van der Waals surface area contributed by atoms with E-state index in [0.29, 0.717) is 13.0 Å². The van der Waals surface area contributed by atoms with E-state index in [1.54, 1.807) is 0 Å². The largest absolute Gasteiger partial charge is 0.390 e. The fourth-order valence-electron chi connectivity index (χ4n) is 2.30. The molecule has 0 bridgehead atoms. The second-order valence-electron chi connectivity index (χ2n) is 5.16. The van der Waals surface area contributed by atoms with E-state index in [-0.39, 0.29) is 5.91 Å². The van der Waals surface area contributed by atoms with Crippen LogP contribution < -0.4 is 10.2 Å². The molecule has 1 heterocycles. The molecule has 1 amide bonds. The van der Waals surface area contributed by atoms with Gasteiger partial charge in [0.1, 0.15) is 0 Å². The van der Waals surface area contributed by atoms with Gasteiger partial charge in [0.15, 0.2) is 0 Å². The van der Waals surface area contributed by atoms with Crippen LogP contribution in [-0.4, -0.2) is 30.2 Å². The lowest BCUT2D eigenvalue weighted by atomic mass is 10.0. The van der Waals surface area contributed by atoms with E-state index in [4.69, 9.17) is 0 Å². The van der Waals surface area contributed by atoms with Gasteiger partial charge in [-0.2, -0.15) is 0 Å². The Bertz CT molecular complexity index is 480. The van der Waals surface area contributed by atoms with Crippen LogP contribution in [0.25, 0.3) is 0 Å². The zero-order valence-corrected chi connectivity index (χ0v) is 9.86. The molecule has 0 saturated heterocycles. The van der Waals surface area contributed by atoms with Crippen molar-refractivity contribution in [3.05, 3.63) is 23.8 Å². The van der Waals surface area contributed by atoms with Gasteiger partial charge >= 0.3 is 0 Å². The summed E-state index contributed by atoms with van der Waals surface area (Å²) in [6.07, 6.45) is 2.51. The Hall–Kier alpha value is -1.55. The maximum absolute atomic E-state index is 11.4. The summed E-state index contributed by atoms with van der Waals surface area (Å²) in [6, 6.07) is 5.96. The molecule has 90 valence electrons. The van der Waals surface area contributed by atoms with Crippen LogP contribution in [0.4, 0.5) is 11.4 Å². The van der Waals surface area contributed by atoms with E-state index in [2.05, 4.69) is 11.4 Å². The molecule has 1 saturated carbocycles. The lowest BCUT2D eigenvalue weighted by Crippen LogP contribution is -2.35. The van der Waals surface area contributed by atoms with Gasteiger partial charge in [-0.15, -0.1) is 0 Å². The van der Waals surface area contributed by atoms with E-state index in [1.165, 1.54) is 0 Å². The second kappa shape index (κ2) is 3.47. The van der Waals surface area contributed by atoms with E-state index >= 15 is 0 Å². The third-order valence-electron chi connectivity index (χ3n) is 3.49. The van der Waals surface area contributed by atoms with Crippen molar-refractivity contribution < 1.29 is 9.90 Å². The minimum atomic E-state index is -0.468. The first-order valence-corrected chi connectivity index (χ1v) is 5.92. The predicted octanol–water partition coefficient (Wildman–Crippen LogP) is 1.14.